The molecule has 1 aliphatic rings. The summed E-state index contributed by atoms with van der Waals surface area (Å²) in [5.74, 6) is 0.954. The third-order valence-corrected chi connectivity index (χ3v) is 3.64. The second-order valence-electron chi connectivity index (χ2n) is 5.08. The molecule has 0 radical (unpaired) electrons. The van der Waals surface area contributed by atoms with Gasteiger partial charge in [0.2, 0.25) is 0 Å². The molecule has 0 fully saturated rings. The van der Waals surface area contributed by atoms with Crippen LogP contribution in [-0.4, -0.2) is 6.54 Å². The van der Waals surface area contributed by atoms with E-state index in [0.717, 1.165) is 24.4 Å². The van der Waals surface area contributed by atoms with Gasteiger partial charge in [0.05, 0.1) is 12.2 Å². The average Bonchev–Trinajstić information content (AvgIpc) is 2.46. The van der Waals surface area contributed by atoms with Crippen LogP contribution in [0.2, 0.25) is 0 Å². The molecule has 0 saturated heterocycles. The molecule has 1 aliphatic heterocycles. The van der Waals surface area contributed by atoms with Crippen LogP contribution in [0.25, 0.3) is 0 Å². The maximum absolute atomic E-state index is 6.11. The molecule has 0 saturated carbocycles. The Hall–Kier alpha value is -1.96. The minimum absolute atomic E-state index is 0.0974. The van der Waals surface area contributed by atoms with Gasteiger partial charge in [-0.1, -0.05) is 37.3 Å². The lowest BCUT2D eigenvalue weighted by Crippen LogP contribution is -2.23. The minimum Gasteiger partial charge on any atom is -0.482 e. The fourth-order valence-electron chi connectivity index (χ4n) is 2.42. The first-order valence-electron chi connectivity index (χ1n) is 6.86. The lowest BCUT2D eigenvalue weighted by atomic mass is 10.0. The van der Waals surface area contributed by atoms with Crippen molar-refractivity contribution in [2.75, 3.05) is 11.9 Å². The van der Waals surface area contributed by atoms with Crippen LogP contribution in [0.3, 0.4) is 0 Å². The van der Waals surface area contributed by atoms with Gasteiger partial charge in [-0.05, 0) is 42.2 Å². The molecule has 1 atom stereocenters. The van der Waals surface area contributed by atoms with Crippen LogP contribution in [-0.2, 0) is 6.42 Å². The summed E-state index contributed by atoms with van der Waals surface area (Å²) in [6, 6.07) is 15.0. The van der Waals surface area contributed by atoms with E-state index in [9.17, 15) is 0 Å². The number of aryl methyl sites for hydroxylation is 2. The standard InChI is InChI=1S/C17H19NO/c1-3-13-5-7-14(8-6-13)17-11-18-15-9-4-12(2)10-16(15)19-17/h4-10,17-18H,3,11H2,1-2H3. The average molecular weight is 253 g/mol. The van der Waals surface area contributed by atoms with Crippen LogP contribution in [0.4, 0.5) is 5.69 Å². The summed E-state index contributed by atoms with van der Waals surface area (Å²) in [5, 5.41) is 3.44. The molecular weight excluding hydrogens is 234 g/mol. The Morgan fingerprint density at radius 1 is 1.16 bits per heavy atom. The second-order valence-corrected chi connectivity index (χ2v) is 5.08. The molecule has 0 bridgehead atoms. The van der Waals surface area contributed by atoms with E-state index in [-0.39, 0.29) is 6.10 Å². The monoisotopic (exact) mass is 253 g/mol. The maximum atomic E-state index is 6.11. The van der Waals surface area contributed by atoms with Gasteiger partial charge in [-0.25, -0.2) is 0 Å². The first-order chi connectivity index (χ1) is 9.26. The Morgan fingerprint density at radius 2 is 1.95 bits per heavy atom. The predicted molar refractivity (Wildman–Crippen MR) is 78.9 cm³/mol. The third kappa shape index (κ3) is 2.43. The quantitative estimate of drug-likeness (QED) is 0.870. The van der Waals surface area contributed by atoms with Crippen molar-refractivity contribution in [3.05, 3.63) is 59.2 Å². The normalized spacial score (nSPS) is 17.3. The van der Waals surface area contributed by atoms with Gasteiger partial charge in [-0.2, -0.15) is 0 Å². The Balaban J connectivity index is 1.84. The van der Waals surface area contributed by atoms with Crippen LogP contribution >= 0.6 is 0 Å². The second kappa shape index (κ2) is 4.96. The number of hydrogen-bond acceptors (Lipinski definition) is 2. The molecule has 2 aromatic rings. The highest BCUT2D eigenvalue weighted by Gasteiger charge is 2.20. The van der Waals surface area contributed by atoms with Gasteiger partial charge >= 0.3 is 0 Å². The van der Waals surface area contributed by atoms with Crippen LogP contribution in [0.1, 0.15) is 29.7 Å². The minimum atomic E-state index is 0.0974. The Kier molecular flexibility index (Phi) is 3.16. The van der Waals surface area contributed by atoms with Gasteiger partial charge in [0.15, 0.2) is 0 Å². The summed E-state index contributed by atoms with van der Waals surface area (Å²) in [7, 11) is 0. The van der Waals surface area contributed by atoms with E-state index >= 15 is 0 Å². The molecule has 2 nitrogen and oxygen atoms in total. The van der Waals surface area contributed by atoms with E-state index in [1.54, 1.807) is 0 Å². The summed E-state index contributed by atoms with van der Waals surface area (Å²) in [6.45, 7) is 5.08. The summed E-state index contributed by atoms with van der Waals surface area (Å²) in [5.41, 5.74) is 4.91. The summed E-state index contributed by atoms with van der Waals surface area (Å²) in [4.78, 5) is 0. The highest BCUT2D eigenvalue weighted by molar-refractivity contribution is 5.59. The van der Waals surface area contributed by atoms with Crippen molar-refractivity contribution in [2.45, 2.75) is 26.4 Å². The van der Waals surface area contributed by atoms with Gasteiger partial charge in [0.1, 0.15) is 11.9 Å². The molecule has 0 amide bonds. The molecule has 1 N–H and O–H groups in total. The van der Waals surface area contributed by atoms with E-state index in [2.05, 4.69) is 61.6 Å². The summed E-state index contributed by atoms with van der Waals surface area (Å²) < 4.78 is 6.11. The molecule has 2 aromatic carbocycles. The van der Waals surface area contributed by atoms with Crippen molar-refractivity contribution in [1.29, 1.82) is 0 Å². The SMILES string of the molecule is CCc1ccc(C2CNc3ccc(C)cc3O2)cc1. The van der Waals surface area contributed by atoms with Crippen molar-refractivity contribution in [1.82, 2.24) is 0 Å². The first-order valence-corrected chi connectivity index (χ1v) is 6.86. The molecule has 19 heavy (non-hydrogen) atoms. The number of rotatable bonds is 2. The Morgan fingerprint density at radius 3 is 2.68 bits per heavy atom. The lowest BCUT2D eigenvalue weighted by Gasteiger charge is -2.28. The number of ether oxygens (including phenoxy) is 1. The topological polar surface area (TPSA) is 21.3 Å². The molecule has 0 aromatic heterocycles. The van der Waals surface area contributed by atoms with Gasteiger partial charge in [0, 0.05) is 0 Å². The van der Waals surface area contributed by atoms with Gasteiger partial charge in [-0.3, -0.25) is 0 Å². The predicted octanol–water partition coefficient (Wildman–Crippen LogP) is 4.10. The van der Waals surface area contributed by atoms with E-state index in [1.165, 1.54) is 16.7 Å². The number of nitrogens with one attached hydrogen (secondary N) is 1. The summed E-state index contributed by atoms with van der Waals surface area (Å²) in [6.07, 6.45) is 1.17. The van der Waals surface area contributed by atoms with Crippen molar-refractivity contribution in [3.8, 4) is 5.75 Å². The first kappa shape index (κ1) is 12.1. The van der Waals surface area contributed by atoms with E-state index in [0.29, 0.717) is 0 Å². The van der Waals surface area contributed by atoms with Crippen molar-refractivity contribution in [3.63, 3.8) is 0 Å². The van der Waals surface area contributed by atoms with Crippen molar-refractivity contribution < 1.29 is 4.74 Å². The third-order valence-electron chi connectivity index (χ3n) is 3.64. The van der Waals surface area contributed by atoms with E-state index in [1.807, 2.05) is 0 Å². The Labute approximate surface area is 114 Å². The number of anilines is 1. The van der Waals surface area contributed by atoms with Crippen LogP contribution in [0.15, 0.2) is 42.5 Å². The van der Waals surface area contributed by atoms with E-state index < -0.39 is 0 Å². The van der Waals surface area contributed by atoms with Gasteiger partial charge < -0.3 is 10.1 Å². The molecule has 3 rings (SSSR count). The number of fused-ring (bicyclic) bond motifs is 1. The fourth-order valence-corrected chi connectivity index (χ4v) is 2.42. The smallest absolute Gasteiger partial charge is 0.143 e. The van der Waals surface area contributed by atoms with Crippen LogP contribution < -0.4 is 10.1 Å². The number of hydrogen-bond donors (Lipinski definition) is 1. The fraction of sp³-hybridized carbons (Fsp3) is 0.294. The van der Waals surface area contributed by atoms with Gasteiger partial charge in [0.25, 0.3) is 0 Å². The molecule has 2 heteroatoms. The largest absolute Gasteiger partial charge is 0.482 e. The molecule has 1 heterocycles. The highest BCUT2D eigenvalue weighted by Crippen LogP contribution is 2.34. The molecule has 0 aliphatic carbocycles. The Bertz CT molecular complexity index is 574. The summed E-state index contributed by atoms with van der Waals surface area (Å²) >= 11 is 0. The van der Waals surface area contributed by atoms with Crippen LogP contribution in [0, 0.1) is 6.92 Å². The molecule has 98 valence electrons. The van der Waals surface area contributed by atoms with Crippen molar-refractivity contribution >= 4 is 5.69 Å². The van der Waals surface area contributed by atoms with Crippen molar-refractivity contribution in [2.24, 2.45) is 0 Å². The zero-order chi connectivity index (χ0) is 13.2. The van der Waals surface area contributed by atoms with Crippen LogP contribution in [0.5, 0.6) is 5.75 Å². The van der Waals surface area contributed by atoms with Gasteiger partial charge in [-0.15, -0.1) is 0 Å². The highest BCUT2D eigenvalue weighted by atomic mass is 16.5. The molecule has 0 spiro atoms. The zero-order valence-corrected chi connectivity index (χ0v) is 11.4. The maximum Gasteiger partial charge on any atom is 0.143 e. The number of benzene rings is 2. The molecular formula is C17H19NO. The van der Waals surface area contributed by atoms with E-state index in [4.69, 9.17) is 4.74 Å². The lowest BCUT2D eigenvalue weighted by molar-refractivity contribution is 0.210. The zero-order valence-electron chi connectivity index (χ0n) is 11.4. The molecule has 1 unspecified atom stereocenters.